The summed E-state index contributed by atoms with van der Waals surface area (Å²) in [6.07, 6.45) is 3.59. The number of furan rings is 1. The van der Waals surface area contributed by atoms with Crippen LogP contribution in [0.25, 0.3) is 11.0 Å². The molecule has 0 amide bonds. The number of rotatable bonds is 1. The second-order valence-electron chi connectivity index (χ2n) is 5.53. The number of benzene rings is 1. The summed E-state index contributed by atoms with van der Waals surface area (Å²) in [5.41, 5.74) is -0.245. The molecule has 2 unspecified atom stereocenters. The van der Waals surface area contributed by atoms with Crippen LogP contribution in [-0.4, -0.2) is 5.11 Å². The van der Waals surface area contributed by atoms with Crippen LogP contribution in [-0.2, 0) is 5.60 Å². The molecule has 2 atom stereocenters. The van der Waals surface area contributed by atoms with Crippen molar-refractivity contribution in [3.05, 3.63) is 35.8 Å². The molecule has 0 bridgehead atoms. The number of halogens is 1. The number of fused-ring (bicyclic) bond motifs is 1. The zero-order valence-electron chi connectivity index (χ0n) is 10.4. The molecule has 1 fully saturated rings. The highest BCUT2D eigenvalue weighted by Gasteiger charge is 2.37. The van der Waals surface area contributed by atoms with Gasteiger partial charge in [-0.3, -0.25) is 0 Å². The van der Waals surface area contributed by atoms with Crippen LogP contribution >= 0.6 is 0 Å². The quantitative estimate of drug-likeness (QED) is 0.828. The van der Waals surface area contributed by atoms with Crippen molar-refractivity contribution in [3.63, 3.8) is 0 Å². The minimum atomic E-state index is -0.882. The molecule has 2 aromatic rings. The van der Waals surface area contributed by atoms with Crippen LogP contribution in [0.2, 0.25) is 0 Å². The van der Waals surface area contributed by atoms with Crippen molar-refractivity contribution in [3.8, 4) is 0 Å². The third-order valence-corrected chi connectivity index (χ3v) is 3.91. The highest BCUT2D eigenvalue weighted by Crippen LogP contribution is 2.41. The van der Waals surface area contributed by atoms with E-state index >= 15 is 0 Å². The van der Waals surface area contributed by atoms with Gasteiger partial charge < -0.3 is 9.52 Å². The maximum atomic E-state index is 13.1. The summed E-state index contributed by atoms with van der Waals surface area (Å²) >= 11 is 0. The van der Waals surface area contributed by atoms with Gasteiger partial charge in [0.1, 0.15) is 22.8 Å². The molecule has 1 aromatic carbocycles. The first-order valence-corrected chi connectivity index (χ1v) is 6.49. The van der Waals surface area contributed by atoms with Gasteiger partial charge in [-0.2, -0.15) is 0 Å². The topological polar surface area (TPSA) is 33.4 Å². The van der Waals surface area contributed by atoms with Gasteiger partial charge in [-0.1, -0.05) is 13.3 Å². The van der Waals surface area contributed by atoms with Crippen molar-refractivity contribution in [2.24, 2.45) is 5.92 Å². The van der Waals surface area contributed by atoms with Crippen molar-refractivity contribution in [2.45, 2.75) is 38.2 Å². The molecule has 1 heterocycles. The number of aliphatic hydroxyl groups is 1. The molecule has 3 rings (SSSR count). The van der Waals surface area contributed by atoms with Crippen LogP contribution in [0.5, 0.6) is 0 Å². The summed E-state index contributed by atoms with van der Waals surface area (Å²) in [7, 11) is 0. The van der Waals surface area contributed by atoms with E-state index in [0.29, 0.717) is 17.3 Å². The van der Waals surface area contributed by atoms with Crippen LogP contribution in [0, 0.1) is 11.7 Å². The van der Waals surface area contributed by atoms with E-state index < -0.39 is 5.60 Å². The normalized spacial score (nSPS) is 28.7. The molecule has 96 valence electrons. The lowest BCUT2D eigenvalue weighted by atomic mass is 9.77. The molecule has 1 aliphatic carbocycles. The number of hydrogen-bond acceptors (Lipinski definition) is 2. The fraction of sp³-hybridized carbons (Fsp3) is 0.467. The van der Waals surface area contributed by atoms with E-state index in [0.717, 1.165) is 31.1 Å². The van der Waals surface area contributed by atoms with Gasteiger partial charge in [-0.25, -0.2) is 4.39 Å². The first-order valence-electron chi connectivity index (χ1n) is 6.49. The van der Waals surface area contributed by atoms with Gasteiger partial charge in [0.05, 0.1) is 0 Å². The zero-order chi connectivity index (χ0) is 12.8. The van der Waals surface area contributed by atoms with Crippen molar-refractivity contribution in [2.75, 3.05) is 0 Å². The Morgan fingerprint density at radius 2 is 2.22 bits per heavy atom. The van der Waals surface area contributed by atoms with Crippen LogP contribution in [0.1, 0.15) is 38.4 Å². The Morgan fingerprint density at radius 3 is 3.00 bits per heavy atom. The van der Waals surface area contributed by atoms with Crippen molar-refractivity contribution < 1.29 is 13.9 Å². The van der Waals surface area contributed by atoms with Crippen LogP contribution in [0.4, 0.5) is 4.39 Å². The molecule has 0 saturated heterocycles. The lowest BCUT2D eigenvalue weighted by molar-refractivity contribution is -0.0345. The molecular formula is C15H17FO2. The summed E-state index contributed by atoms with van der Waals surface area (Å²) in [6.45, 7) is 2.15. The van der Waals surface area contributed by atoms with Gasteiger partial charge in [0.25, 0.3) is 0 Å². The molecule has 3 heteroatoms. The van der Waals surface area contributed by atoms with Crippen LogP contribution < -0.4 is 0 Å². The summed E-state index contributed by atoms with van der Waals surface area (Å²) in [5, 5.41) is 11.4. The fourth-order valence-corrected chi connectivity index (χ4v) is 2.99. The average molecular weight is 248 g/mol. The van der Waals surface area contributed by atoms with E-state index in [-0.39, 0.29) is 5.82 Å². The molecule has 1 saturated carbocycles. The lowest BCUT2D eigenvalue weighted by Crippen LogP contribution is -2.31. The van der Waals surface area contributed by atoms with Crippen LogP contribution in [0.3, 0.4) is 0 Å². The molecule has 2 nitrogen and oxygen atoms in total. The van der Waals surface area contributed by atoms with Gasteiger partial charge in [-0.15, -0.1) is 0 Å². The van der Waals surface area contributed by atoms with Crippen molar-refractivity contribution in [1.29, 1.82) is 0 Å². The summed E-state index contributed by atoms with van der Waals surface area (Å²) in [5.74, 6) is 0.794. The van der Waals surface area contributed by atoms with E-state index in [4.69, 9.17) is 4.42 Å². The Hall–Kier alpha value is -1.35. The predicted octanol–water partition coefficient (Wildman–Crippen LogP) is 3.97. The maximum Gasteiger partial charge on any atom is 0.136 e. The van der Waals surface area contributed by atoms with Gasteiger partial charge in [0.2, 0.25) is 0 Å². The van der Waals surface area contributed by atoms with E-state index in [9.17, 15) is 9.50 Å². The molecule has 1 aliphatic rings. The van der Waals surface area contributed by atoms with E-state index in [1.807, 2.05) is 0 Å². The first kappa shape index (κ1) is 11.7. The molecule has 0 radical (unpaired) electrons. The molecule has 0 spiro atoms. The molecule has 0 aliphatic heterocycles. The Morgan fingerprint density at radius 1 is 1.39 bits per heavy atom. The summed E-state index contributed by atoms with van der Waals surface area (Å²) in [6, 6.07) is 6.21. The number of hydrogen-bond donors (Lipinski definition) is 1. The Kier molecular flexibility index (Phi) is 2.67. The Labute approximate surface area is 105 Å². The highest BCUT2D eigenvalue weighted by atomic mass is 19.1. The molecule has 18 heavy (non-hydrogen) atoms. The third-order valence-electron chi connectivity index (χ3n) is 3.91. The SMILES string of the molecule is CC1CCCC(O)(c2cc3cc(F)ccc3o2)C1. The fourth-order valence-electron chi connectivity index (χ4n) is 2.99. The van der Waals surface area contributed by atoms with E-state index in [1.54, 1.807) is 12.1 Å². The Bertz CT molecular complexity index is 575. The minimum Gasteiger partial charge on any atom is -0.458 e. The van der Waals surface area contributed by atoms with Crippen LogP contribution in [0.15, 0.2) is 28.7 Å². The maximum absolute atomic E-state index is 13.1. The van der Waals surface area contributed by atoms with Gasteiger partial charge >= 0.3 is 0 Å². The smallest absolute Gasteiger partial charge is 0.136 e. The zero-order valence-corrected chi connectivity index (χ0v) is 10.4. The molecule has 1 N–H and O–H groups in total. The minimum absolute atomic E-state index is 0.279. The van der Waals surface area contributed by atoms with E-state index in [1.165, 1.54) is 12.1 Å². The van der Waals surface area contributed by atoms with Gasteiger partial charge in [0, 0.05) is 5.39 Å². The molecular weight excluding hydrogens is 231 g/mol. The average Bonchev–Trinajstić information content (AvgIpc) is 2.72. The third kappa shape index (κ3) is 1.93. The molecule has 1 aromatic heterocycles. The van der Waals surface area contributed by atoms with Crippen molar-refractivity contribution in [1.82, 2.24) is 0 Å². The Balaban J connectivity index is 2.03. The summed E-state index contributed by atoms with van der Waals surface area (Å²) in [4.78, 5) is 0. The largest absolute Gasteiger partial charge is 0.458 e. The highest BCUT2D eigenvalue weighted by molar-refractivity contribution is 5.78. The monoisotopic (exact) mass is 248 g/mol. The van der Waals surface area contributed by atoms with Crippen molar-refractivity contribution >= 4 is 11.0 Å². The standard InChI is InChI=1S/C15H17FO2/c1-10-3-2-6-15(17,9-10)14-8-11-7-12(16)4-5-13(11)18-14/h4-5,7-8,10,17H,2-3,6,9H2,1H3. The van der Waals surface area contributed by atoms with Gasteiger partial charge in [-0.05, 0) is 49.4 Å². The predicted molar refractivity (Wildman–Crippen MR) is 67.7 cm³/mol. The second-order valence-corrected chi connectivity index (χ2v) is 5.53. The van der Waals surface area contributed by atoms with E-state index in [2.05, 4.69) is 6.92 Å². The second kappa shape index (κ2) is 4.09. The lowest BCUT2D eigenvalue weighted by Gasteiger charge is -2.33. The van der Waals surface area contributed by atoms with Gasteiger partial charge in [0.15, 0.2) is 0 Å². The first-order chi connectivity index (χ1) is 8.57. The summed E-state index contributed by atoms with van der Waals surface area (Å²) < 4.78 is 18.8.